The van der Waals surface area contributed by atoms with Gasteiger partial charge in [-0.25, -0.2) is 9.67 Å². The van der Waals surface area contributed by atoms with Gasteiger partial charge in [0.2, 0.25) is 0 Å². The molecule has 0 fully saturated rings. The maximum Gasteiger partial charge on any atom is 0.191 e. The lowest BCUT2D eigenvalue weighted by molar-refractivity contribution is 0.555. The van der Waals surface area contributed by atoms with Crippen molar-refractivity contribution in [2.45, 2.75) is 54.1 Å². The molecule has 2 N–H and O–H groups in total. The second kappa shape index (κ2) is 10.1. The van der Waals surface area contributed by atoms with Crippen LogP contribution < -0.4 is 10.6 Å². The van der Waals surface area contributed by atoms with Crippen molar-refractivity contribution in [3.8, 4) is 5.69 Å². The monoisotopic (exact) mass is 407 g/mol. The Bertz CT molecular complexity index is 983. The van der Waals surface area contributed by atoms with E-state index >= 15 is 0 Å². The molecule has 0 spiro atoms. The van der Waals surface area contributed by atoms with E-state index in [0.29, 0.717) is 6.54 Å². The number of nitrogens with one attached hydrogen (secondary N) is 2. The van der Waals surface area contributed by atoms with Gasteiger partial charge in [0.25, 0.3) is 0 Å². The smallest absolute Gasteiger partial charge is 0.191 e. The Morgan fingerprint density at radius 3 is 2.47 bits per heavy atom. The first kappa shape index (κ1) is 21.6. The van der Waals surface area contributed by atoms with Gasteiger partial charge >= 0.3 is 0 Å². The first-order chi connectivity index (χ1) is 14.5. The van der Waals surface area contributed by atoms with Crippen molar-refractivity contribution in [2.75, 3.05) is 13.1 Å². The van der Waals surface area contributed by atoms with E-state index in [0.717, 1.165) is 54.8 Å². The number of para-hydroxylation sites is 1. The first-order valence-corrected chi connectivity index (χ1v) is 10.6. The predicted molar refractivity (Wildman–Crippen MR) is 122 cm³/mol. The normalized spacial score (nSPS) is 11.7. The molecule has 0 amide bonds. The average Bonchev–Trinajstić information content (AvgIpc) is 3.21. The summed E-state index contributed by atoms with van der Waals surface area (Å²) >= 11 is 0. The second-order valence-corrected chi connectivity index (χ2v) is 7.52. The average molecular weight is 408 g/mol. The van der Waals surface area contributed by atoms with Crippen LogP contribution in [0.1, 0.15) is 41.7 Å². The van der Waals surface area contributed by atoms with Crippen LogP contribution in [0.25, 0.3) is 5.69 Å². The summed E-state index contributed by atoms with van der Waals surface area (Å²) < 4.78 is 4.06. The van der Waals surface area contributed by atoms with Crippen LogP contribution in [0, 0.1) is 27.7 Å². The van der Waals surface area contributed by atoms with E-state index in [4.69, 9.17) is 10.1 Å². The van der Waals surface area contributed by atoms with Gasteiger partial charge in [-0.15, -0.1) is 0 Å². The highest BCUT2D eigenvalue weighted by atomic mass is 15.3. The number of rotatable bonds is 8. The molecule has 30 heavy (non-hydrogen) atoms. The number of aryl methyl sites for hydroxylation is 4. The number of aliphatic imine (C=N–C) groups is 1. The van der Waals surface area contributed by atoms with Crippen LogP contribution in [0.4, 0.5) is 0 Å². The summed E-state index contributed by atoms with van der Waals surface area (Å²) in [6.45, 7) is 13.5. The van der Waals surface area contributed by atoms with E-state index in [1.165, 1.54) is 11.3 Å². The summed E-state index contributed by atoms with van der Waals surface area (Å²) in [5, 5.41) is 16.0. The first-order valence-electron chi connectivity index (χ1n) is 10.6. The summed E-state index contributed by atoms with van der Waals surface area (Å²) in [5.41, 5.74) is 6.65. The van der Waals surface area contributed by atoms with Crippen molar-refractivity contribution in [1.29, 1.82) is 0 Å². The van der Waals surface area contributed by atoms with Crippen LogP contribution in [-0.2, 0) is 13.1 Å². The molecule has 0 bridgehead atoms. The fourth-order valence-electron chi connectivity index (χ4n) is 3.56. The quantitative estimate of drug-likeness (QED) is 0.341. The Labute approximate surface area is 179 Å². The molecule has 0 aliphatic rings. The minimum absolute atomic E-state index is 0.595. The van der Waals surface area contributed by atoms with Crippen molar-refractivity contribution in [3.63, 3.8) is 0 Å². The third kappa shape index (κ3) is 5.28. The SMILES string of the molecule is CCNC(=NCc1c(C)nn(-c2ccccc2)c1C)NCCCn1nc(C)cc1C. The Morgan fingerprint density at radius 2 is 1.80 bits per heavy atom. The summed E-state index contributed by atoms with van der Waals surface area (Å²) in [5.74, 6) is 0.831. The predicted octanol–water partition coefficient (Wildman–Crippen LogP) is 3.45. The minimum Gasteiger partial charge on any atom is -0.357 e. The van der Waals surface area contributed by atoms with E-state index in [2.05, 4.69) is 59.4 Å². The molecule has 160 valence electrons. The molecule has 0 unspecified atom stereocenters. The summed E-state index contributed by atoms with van der Waals surface area (Å²) in [6.07, 6.45) is 0.983. The molecule has 3 rings (SSSR count). The van der Waals surface area contributed by atoms with E-state index in [1.807, 2.05) is 36.7 Å². The summed E-state index contributed by atoms with van der Waals surface area (Å²) in [4.78, 5) is 4.80. The highest BCUT2D eigenvalue weighted by molar-refractivity contribution is 5.79. The number of hydrogen-bond acceptors (Lipinski definition) is 3. The molecule has 7 nitrogen and oxygen atoms in total. The van der Waals surface area contributed by atoms with Gasteiger partial charge in [-0.05, 0) is 59.2 Å². The number of guanidine groups is 1. The zero-order valence-electron chi connectivity index (χ0n) is 18.7. The molecule has 1 aromatic carbocycles. The van der Waals surface area contributed by atoms with Crippen molar-refractivity contribution in [2.24, 2.45) is 4.99 Å². The molecule has 7 heteroatoms. The summed E-state index contributed by atoms with van der Waals surface area (Å²) in [6, 6.07) is 12.3. The van der Waals surface area contributed by atoms with Crippen LogP contribution in [0.3, 0.4) is 0 Å². The molecule has 3 aromatic rings. The van der Waals surface area contributed by atoms with Crippen LogP contribution in [0.2, 0.25) is 0 Å². The van der Waals surface area contributed by atoms with Gasteiger partial charge in [0.15, 0.2) is 5.96 Å². The molecule has 0 aliphatic heterocycles. The van der Waals surface area contributed by atoms with Crippen LogP contribution in [0.5, 0.6) is 0 Å². The standard InChI is InChI=1S/C23H33N7/c1-6-24-23(25-13-10-14-29-18(3)15-17(2)27-29)26-16-22-19(4)28-30(20(22)5)21-11-8-7-9-12-21/h7-9,11-12,15H,6,10,13-14,16H2,1-5H3,(H2,24,25,26). The third-order valence-electron chi connectivity index (χ3n) is 5.12. The molecular weight excluding hydrogens is 374 g/mol. The maximum absolute atomic E-state index is 4.80. The molecular formula is C23H33N7. The van der Waals surface area contributed by atoms with Crippen molar-refractivity contribution in [1.82, 2.24) is 30.2 Å². The van der Waals surface area contributed by atoms with Crippen molar-refractivity contribution < 1.29 is 0 Å². The second-order valence-electron chi connectivity index (χ2n) is 7.52. The van der Waals surface area contributed by atoms with Gasteiger partial charge in [-0.2, -0.15) is 10.2 Å². The lowest BCUT2D eigenvalue weighted by Gasteiger charge is -2.12. The highest BCUT2D eigenvalue weighted by Gasteiger charge is 2.12. The Kier molecular flexibility index (Phi) is 7.27. The van der Waals surface area contributed by atoms with Gasteiger partial charge in [0.1, 0.15) is 0 Å². The van der Waals surface area contributed by atoms with Crippen molar-refractivity contribution >= 4 is 5.96 Å². The highest BCUT2D eigenvalue weighted by Crippen LogP contribution is 2.18. The molecule has 0 saturated heterocycles. The topological polar surface area (TPSA) is 72.1 Å². The van der Waals surface area contributed by atoms with Gasteiger partial charge in [0, 0.05) is 36.6 Å². The van der Waals surface area contributed by atoms with Crippen LogP contribution in [-0.4, -0.2) is 38.6 Å². The van der Waals surface area contributed by atoms with E-state index in [9.17, 15) is 0 Å². The number of aromatic nitrogens is 4. The molecule has 0 atom stereocenters. The number of nitrogens with zero attached hydrogens (tertiary/aromatic N) is 5. The molecule has 0 saturated carbocycles. The molecule has 0 aliphatic carbocycles. The zero-order valence-corrected chi connectivity index (χ0v) is 18.7. The lowest BCUT2D eigenvalue weighted by atomic mass is 10.2. The lowest BCUT2D eigenvalue weighted by Crippen LogP contribution is -2.38. The van der Waals surface area contributed by atoms with Gasteiger partial charge in [0.05, 0.1) is 23.6 Å². The van der Waals surface area contributed by atoms with Gasteiger partial charge in [-0.1, -0.05) is 18.2 Å². The van der Waals surface area contributed by atoms with E-state index in [-0.39, 0.29) is 0 Å². The summed E-state index contributed by atoms with van der Waals surface area (Å²) in [7, 11) is 0. The Morgan fingerprint density at radius 1 is 1.03 bits per heavy atom. The van der Waals surface area contributed by atoms with E-state index < -0.39 is 0 Å². The maximum atomic E-state index is 4.80. The molecule has 2 aromatic heterocycles. The zero-order chi connectivity index (χ0) is 21.5. The fourth-order valence-corrected chi connectivity index (χ4v) is 3.56. The fraction of sp³-hybridized carbons (Fsp3) is 0.435. The largest absolute Gasteiger partial charge is 0.357 e. The number of benzene rings is 1. The van der Waals surface area contributed by atoms with Gasteiger partial charge < -0.3 is 10.6 Å². The Balaban J connectivity index is 1.62. The molecule has 2 heterocycles. The van der Waals surface area contributed by atoms with Crippen molar-refractivity contribution in [3.05, 3.63) is 64.7 Å². The Hall–Kier alpha value is -3.09. The van der Waals surface area contributed by atoms with Gasteiger partial charge in [-0.3, -0.25) is 4.68 Å². The van der Waals surface area contributed by atoms with E-state index in [1.54, 1.807) is 0 Å². The minimum atomic E-state index is 0.595. The number of hydrogen-bond donors (Lipinski definition) is 2. The van der Waals surface area contributed by atoms with Crippen LogP contribution >= 0.6 is 0 Å². The third-order valence-corrected chi connectivity index (χ3v) is 5.12. The molecule has 0 radical (unpaired) electrons. The van der Waals surface area contributed by atoms with Crippen LogP contribution in [0.15, 0.2) is 41.4 Å².